The molecule has 3 N–H and O–H groups in total. The molecule has 0 unspecified atom stereocenters. The number of hydrogen-bond donors (Lipinski definition) is 2. The third-order valence-corrected chi connectivity index (χ3v) is 5.40. The van der Waals surface area contributed by atoms with E-state index in [1.807, 2.05) is 30.3 Å². The molecule has 7 nitrogen and oxygen atoms in total. The first-order valence-electron chi connectivity index (χ1n) is 11.0. The van der Waals surface area contributed by atoms with Gasteiger partial charge in [0.05, 0.1) is 17.8 Å². The van der Waals surface area contributed by atoms with Crippen LogP contribution in [-0.2, 0) is 29.0 Å². The van der Waals surface area contributed by atoms with Gasteiger partial charge in [0.2, 0.25) is 0 Å². The second-order valence-electron chi connectivity index (χ2n) is 8.04. The van der Waals surface area contributed by atoms with Crippen LogP contribution >= 0.6 is 0 Å². The van der Waals surface area contributed by atoms with Crippen molar-refractivity contribution in [2.24, 2.45) is 5.73 Å². The normalized spacial score (nSPS) is 10.8. The second kappa shape index (κ2) is 10.6. The summed E-state index contributed by atoms with van der Waals surface area (Å²) in [6, 6.07) is 22.9. The number of amides is 1. The lowest BCUT2D eigenvalue weighted by molar-refractivity contribution is -0.136. The number of ether oxygens (including phenoxy) is 1. The number of halogens is 1. The molecule has 0 saturated carbocycles. The van der Waals surface area contributed by atoms with Crippen LogP contribution in [0.15, 0.2) is 78.9 Å². The summed E-state index contributed by atoms with van der Waals surface area (Å²) in [7, 11) is 0. The molecule has 3 aromatic carbocycles. The summed E-state index contributed by atoms with van der Waals surface area (Å²) in [6.07, 6.45) is 0.517. The fraction of sp³-hybridized carbons (Fsp3) is 0.148. The average Bonchev–Trinajstić information content (AvgIpc) is 3.26. The van der Waals surface area contributed by atoms with E-state index in [0.717, 1.165) is 5.56 Å². The Kier molecular flexibility index (Phi) is 7.21. The Morgan fingerprint density at radius 1 is 0.971 bits per heavy atom. The highest BCUT2D eigenvalue weighted by atomic mass is 19.1. The van der Waals surface area contributed by atoms with Crippen molar-refractivity contribution in [1.29, 1.82) is 0 Å². The zero-order valence-corrected chi connectivity index (χ0v) is 18.9. The molecule has 4 rings (SSSR count). The van der Waals surface area contributed by atoms with Gasteiger partial charge in [0.25, 0.3) is 5.91 Å². The number of rotatable bonds is 10. The van der Waals surface area contributed by atoms with Gasteiger partial charge in [0.15, 0.2) is 6.61 Å². The van der Waals surface area contributed by atoms with Crippen LogP contribution in [0.25, 0.3) is 22.5 Å². The van der Waals surface area contributed by atoms with Crippen LogP contribution in [0, 0.1) is 5.82 Å². The lowest BCUT2D eigenvalue weighted by Gasteiger charge is -2.10. The van der Waals surface area contributed by atoms with Crippen molar-refractivity contribution >= 4 is 11.9 Å². The number of carboxylic acid groups (broad SMARTS) is 1. The van der Waals surface area contributed by atoms with Crippen LogP contribution < -0.4 is 10.5 Å². The third-order valence-electron chi connectivity index (χ3n) is 5.40. The molecule has 0 fully saturated rings. The van der Waals surface area contributed by atoms with Crippen LogP contribution in [0.2, 0.25) is 0 Å². The summed E-state index contributed by atoms with van der Waals surface area (Å²) in [5.41, 5.74) is 9.28. The molecular formula is C27H24FN3O4. The van der Waals surface area contributed by atoms with Gasteiger partial charge in [0, 0.05) is 17.7 Å². The molecule has 0 saturated heterocycles. The monoisotopic (exact) mass is 473 g/mol. The molecule has 8 heteroatoms. The summed E-state index contributed by atoms with van der Waals surface area (Å²) >= 11 is 0. The van der Waals surface area contributed by atoms with E-state index in [2.05, 4.69) is 0 Å². The number of aromatic nitrogens is 2. The van der Waals surface area contributed by atoms with Crippen LogP contribution in [-0.4, -0.2) is 33.4 Å². The SMILES string of the molecule is NC(=O)COc1ccc(CC(=O)O)cc1-c1cc(-c2cccc(F)c2)n(CCc2ccccc2)n1. The van der Waals surface area contributed by atoms with E-state index in [1.165, 1.54) is 12.1 Å². The number of aliphatic carboxylic acids is 1. The van der Waals surface area contributed by atoms with Crippen molar-refractivity contribution in [1.82, 2.24) is 9.78 Å². The summed E-state index contributed by atoms with van der Waals surface area (Å²) in [4.78, 5) is 22.6. The quantitative estimate of drug-likeness (QED) is 0.361. The number of carbonyl (C=O) groups is 2. The average molecular weight is 474 g/mol. The van der Waals surface area contributed by atoms with Gasteiger partial charge in [-0.05, 0) is 47.9 Å². The van der Waals surface area contributed by atoms with E-state index >= 15 is 0 Å². The Balaban J connectivity index is 1.78. The van der Waals surface area contributed by atoms with E-state index in [4.69, 9.17) is 15.6 Å². The molecule has 1 heterocycles. The van der Waals surface area contributed by atoms with Gasteiger partial charge in [-0.2, -0.15) is 5.10 Å². The molecule has 35 heavy (non-hydrogen) atoms. The first kappa shape index (κ1) is 23.7. The number of nitrogens with zero attached hydrogens (tertiary/aromatic N) is 2. The summed E-state index contributed by atoms with van der Waals surface area (Å²) < 4.78 is 21.4. The van der Waals surface area contributed by atoms with Gasteiger partial charge in [-0.25, -0.2) is 4.39 Å². The molecule has 0 aliphatic heterocycles. The molecule has 0 aliphatic carbocycles. The van der Waals surface area contributed by atoms with Gasteiger partial charge in [-0.3, -0.25) is 14.3 Å². The number of hydrogen-bond acceptors (Lipinski definition) is 4. The number of benzene rings is 3. The molecule has 1 amide bonds. The Bertz CT molecular complexity index is 1350. The van der Waals surface area contributed by atoms with Crippen molar-refractivity contribution in [2.45, 2.75) is 19.4 Å². The van der Waals surface area contributed by atoms with E-state index in [0.29, 0.717) is 46.8 Å². The zero-order chi connectivity index (χ0) is 24.8. The van der Waals surface area contributed by atoms with E-state index in [9.17, 15) is 19.1 Å². The molecule has 0 bridgehead atoms. The molecular weight excluding hydrogens is 449 g/mol. The first-order chi connectivity index (χ1) is 16.9. The van der Waals surface area contributed by atoms with Crippen LogP contribution in [0.5, 0.6) is 5.75 Å². The minimum atomic E-state index is -0.976. The van der Waals surface area contributed by atoms with E-state index in [-0.39, 0.29) is 18.8 Å². The molecule has 4 aromatic rings. The topological polar surface area (TPSA) is 107 Å². The molecule has 0 radical (unpaired) electrons. The molecule has 0 atom stereocenters. The van der Waals surface area contributed by atoms with Gasteiger partial charge in [-0.15, -0.1) is 0 Å². The van der Waals surface area contributed by atoms with Crippen LogP contribution in [0.4, 0.5) is 4.39 Å². The van der Waals surface area contributed by atoms with Gasteiger partial charge >= 0.3 is 5.97 Å². The summed E-state index contributed by atoms with van der Waals surface area (Å²) in [5.74, 6) is -1.64. The number of nitrogens with two attached hydrogens (primary N) is 1. The molecule has 178 valence electrons. The van der Waals surface area contributed by atoms with Crippen LogP contribution in [0.3, 0.4) is 0 Å². The van der Waals surface area contributed by atoms with E-state index in [1.54, 1.807) is 41.1 Å². The highest BCUT2D eigenvalue weighted by Gasteiger charge is 2.17. The number of carbonyl (C=O) groups excluding carboxylic acids is 1. The highest BCUT2D eigenvalue weighted by Crippen LogP contribution is 2.34. The standard InChI is InChI=1S/C27H24FN3O4/c28-21-8-4-7-20(15-21)24-16-23(30-31(24)12-11-18-5-2-1-3-6-18)22-13-19(14-27(33)34)9-10-25(22)35-17-26(29)32/h1-10,13,15-16H,11-12,14,17H2,(H2,29,32)(H,33,34). The van der Waals surface area contributed by atoms with Crippen molar-refractivity contribution in [3.8, 4) is 28.3 Å². The van der Waals surface area contributed by atoms with E-state index < -0.39 is 11.9 Å². The zero-order valence-electron chi connectivity index (χ0n) is 18.9. The largest absolute Gasteiger partial charge is 0.483 e. The molecule has 0 aliphatic rings. The minimum Gasteiger partial charge on any atom is -0.483 e. The Hall–Kier alpha value is -4.46. The smallest absolute Gasteiger partial charge is 0.307 e. The number of carboxylic acids is 1. The van der Waals surface area contributed by atoms with Crippen molar-refractivity contribution < 1.29 is 23.8 Å². The predicted molar refractivity (Wildman–Crippen MR) is 129 cm³/mol. The fourth-order valence-corrected chi connectivity index (χ4v) is 3.82. The molecule has 0 spiro atoms. The van der Waals surface area contributed by atoms with Gasteiger partial charge in [-0.1, -0.05) is 48.5 Å². The lowest BCUT2D eigenvalue weighted by atomic mass is 10.0. The summed E-state index contributed by atoms with van der Waals surface area (Å²) in [6.45, 7) is 0.193. The maximum Gasteiger partial charge on any atom is 0.307 e. The second-order valence-corrected chi connectivity index (χ2v) is 8.04. The predicted octanol–water partition coefficient (Wildman–Crippen LogP) is 4.09. The fourth-order valence-electron chi connectivity index (χ4n) is 3.82. The third kappa shape index (κ3) is 6.11. The van der Waals surface area contributed by atoms with Crippen molar-refractivity contribution in [3.05, 3.63) is 95.8 Å². The molecule has 1 aromatic heterocycles. The lowest BCUT2D eigenvalue weighted by Crippen LogP contribution is -2.20. The highest BCUT2D eigenvalue weighted by molar-refractivity contribution is 5.78. The Morgan fingerprint density at radius 2 is 1.77 bits per heavy atom. The Labute approximate surface area is 201 Å². The van der Waals surface area contributed by atoms with Crippen LogP contribution in [0.1, 0.15) is 11.1 Å². The maximum absolute atomic E-state index is 14.0. The number of aryl methyl sites for hydroxylation is 2. The van der Waals surface area contributed by atoms with Crippen molar-refractivity contribution in [2.75, 3.05) is 6.61 Å². The first-order valence-corrected chi connectivity index (χ1v) is 11.0. The maximum atomic E-state index is 14.0. The Morgan fingerprint density at radius 3 is 2.49 bits per heavy atom. The van der Waals surface area contributed by atoms with Crippen molar-refractivity contribution in [3.63, 3.8) is 0 Å². The van der Waals surface area contributed by atoms with Gasteiger partial charge < -0.3 is 15.6 Å². The summed E-state index contributed by atoms with van der Waals surface area (Å²) in [5, 5.41) is 14.0. The minimum absolute atomic E-state index is 0.186. The number of primary amides is 1. The van der Waals surface area contributed by atoms with Gasteiger partial charge in [0.1, 0.15) is 11.6 Å².